The molecule has 3 atom stereocenters. The minimum atomic E-state index is -0.678. The fraction of sp³-hybridized carbons (Fsp3) is 0.938. The molecule has 3 heteroatoms. The third kappa shape index (κ3) is 4.48. The van der Waals surface area contributed by atoms with E-state index in [4.69, 9.17) is 5.11 Å². The molecule has 2 fully saturated rings. The zero-order valence-electron chi connectivity index (χ0n) is 12.5. The van der Waals surface area contributed by atoms with E-state index in [1.54, 1.807) is 0 Å². The molecule has 0 spiro atoms. The molecule has 2 N–H and O–H groups in total. The molecule has 0 heterocycles. The highest BCUT2D eigenvalue weighted by molar-refractivity contribution is 5.66. The van der Waals surface area contributed by atoms with Crippen LogP contribution >= 0.6 is 0 Å². The van der Waals surface area contributed by atoms with Gasteiger partial charge in [0, 0.05) is 6.42 Å². The largest absolute Gasteiger partial charge is 0.481 e. The highest BCUT2D eigenvalue weighted by Crippen LogP contribution is 2.47. The van der Waals surface area contributed by atoms with E-state index >= 15 is 0 Å². The lowest BCUT2D eigenvalue weighted by Crippen LogP contribution is -2.29. The van der Waals surface area contributed by atoms with Gasteiger partial charge in [0.05, 0.1) is 0 Å². The quantitative estimate of drug-likeness (QED) is 0.663. The molecule has 2 bridgehead atoms. The van der Waals surface area contributed by atoms with E-state index in [9.17, 15) is 4.79 Å². The van der Waals surface area contributed by atoms with Gasteiger partial charge in [0.25, 0.3) is 0 Å². The van der Waals surface area contributed by atoms with Crippen LogP contribution in [0.2, 0.25) is 0 Å². The van der Waals surface area contributed by atoms with Crippen LogP contribution in [0, 0.1) is 23.2 Å². The summed E-state index contributed by atoms with van der Waals surface area (Å²) in [5, 5.41) is 12.3. The highest BCUT2D eigenvalue weighted by atomic mass is 16.4. The number of aliphatic carboxylic acids is 1. The topological polar surface area (TPSA) is 49.3 Å². The maximum Gasteiger partial charge on any atom is 0.303 e. The predicted molar refractivity (Wildman–Crippen MR) is 77.1 cm³/mol. The number of rotatable bonds is 8. The first kappa shape index (κ1) is 14.8. The molecule has 3 nitrogen and oxygen atoms in total. The SMILES string of the molecule is CC(C)(CCNCC1CC2CCC1C2)CCC(=O)O. The predicted octanol–water partition coefficient (Wildman–Crippen LogP) is 3.29. The van der Waals surface area contributed by atoms with Crippen molar-refractivity contribution in [3.05, 3.63) is 0 Å². The van der Waals surface area contributed by atoms with Gasteiger partial charge in [-0.05, 0) is 68.4 Å². The molecular formula is C16H29NO2. The summed E-state index contributed by atoms with van der Waals surface area (Å²) in [5.74, 6) is 2.27. The molecule has 0 aromatic rings. The fourth-order valence-electron chi connectivity index (χ4n) is 3.91. The monoisotopic (exact) mass is 267 g/mol. The Hall–Kier alpha value is -0.570. The molecular weight excluding hydrogens is 238 g/mol. The fourth-order valence-corrected chi connectivity index (χ4v) is 3.91. The molecule has 2 aliphatic carbocycles. The van der Waals surface area contributed by atoms with Gasteiger partial charge < -0.3 is 10.4 Å². The Bertz CT molecular complexity index is 314. The van der Waals surface area contributed by atoms with Crippen molar-refractivity contribution in [1.82, 2.24) is 5.32 Å². The Balaban J connectivity index is 1.57. The van der Waals surface area contributed by atoms with Crippen molar-refractivity contribution in [3.63, 3.8) is 0 Å². The summed E-state index contributed by atoms with van der Waals surface area (Å²) in [7, 11) is 0. The van der Waals surface area contributed by atoms with Crippen LogP contribution in [0.3, 0.4) is 0 Å². The summed E-state index contributed by atoms with van der Waals surface area (Å²) in [6.07, 6.45) is 8.00. The summed E-state index contributed by atoms with van der Waals surface area (Å²) in [5.41, 5.74) is 0.139. The second kappa shape index (κ2) is 6.25. The Kier molecular flexibility index (Phi) is 4.88. The summed E-state index contributed by atoms with van der Waals surface area (Å²) in [4.78, 5) is 10.6. The van der Waals surface area contributed by atoms with Crippen molar-refractivity contribution in [2.45, 2.75) is 58.8 Å². The van der Waals surface area contributed by atoms with Gasteiger partial charge in [0.2, 0.25) is 0 Å². The minimum Gasteiger partial charge on any atom is -0.481 e. The van der Waals surface area contributed by atoms with Crippen molar-refractivity contribution < 1.29 is 9.90 Å². The van der Waals surface area contributed by atoms with Gasteiger partial charge in [-0.3, -0.25) is 4.79 Å². The Labute approximate surface area is 117 Å². The van der Waals surface area contributed by atoms with Gasteiger partial charge >= 0.3 is 5.97 Å². The minimum absolute atomic E-state index is 0.139. The second-order valence-corrected chi connectivity index (χ2v) is 7.45. The number of carboxylic acid groups (broad SMARTS) is 1. The van der Waals surface area contributed by atoms with Gasteiger partial charge in [-0.25, -0.2) is 0 Å². The van der Waals surface area contributed by atoms with Crippen LogP contribution < -0.4 is 5.32 Å². The first-order valence-electron chi connectivity index (χ1n) is 7.89. The van der Waals surface area contributed by atoms with E-state index in [0.717, 1.165) is 37.1 Å². The van der Waals surface area contributed by atoms with Crippen LogP contribution in [-0.4, -0.2) is 24.2 Å². The van der Waals surface area contributed by atoms with Crippen LogP contribution in [0.1, 0.15) is 58.8 Å². The number of carboxylic acids is 1. The molecule has 2 aliphatic rings. The van der Waals surface area contributed by atoms with Gasteiger partial charge in [-0.15, -0.1) is 0 Å². The van der Waals surface area contributed by atoms with Crippen LogP contribution in [0.5, 0.6) is 0 Å². The van der Waals surface area contributed by atoms with Crippen LogP contribution in [0.25, 0.3) is 0 Å². The third-order valence-electron chi connectivity index (χ3n) is 5.29. The maximum atomic E-state index is 10.6. The zero-order valence-corrected chi connectivity index (χ0v) is 12.5. The first-order chi connectivity index (χ1) is 8.96. The summed E-state index contributed by atoms with van der Waals surface area (Å²) < 4.78 is 0. The molecule has 0 aliphatic heterocycles. The number of hydrogen-bond acceptors (Lipinski definition) is 2. The van der Waals surface area contributed by atoms with Crippen molar-refractivity contribution in [2.24, 2.45) is 23.2 Å². The lowest BCUT2D eigenvalue weighted by molar-refractivity contribution is -0.137. The van der Waals surface area contributed by atoms with Gasteiger partial charge in [-0.1, -0.05) is 20.3 Å². The van der Waals surface area contributed by atoms with Gasteiger partial charge in [-0.2, -0.15) is 0 Å². The second-order valence-electron chi connectivity index (χ2n) is 7.45. The highest BCUT2D eigenvalue weighted by Gasteiger charge is 2.38. The molecule has 110 valence electrons. The molecule has 0 aromatic carbocycles. The van der Waals surface area contributed by atoms with E-state index in [1.807, 2.05) is 0 Å². The molecule has 3 unspecified atom stereocenters. The van der Waals surface area contributed by atoms with Gasteiger partial charge in [0.1, 0.15) is 0 Å². The summed E-state index contributed by atoms with van der Waals surface area (Å²) >= 11 is 0. The first-order valence-corrected chi connectivity index (χ1v) is 7.89. The lowest BCUT2D eigenvalue weighted by Gasteiger charge is -2.26. The van der Waals surface area contributed by atoms with Crippen molar-refractivity contribution in [1.29, 1.82) is 0 Å². The number of nitrogens with one attached hydrogen (secondary N) is 1. The number of hydrogen-bond donors (Lipinski definition) is 2. The van der Waals surface area contributed by atoms with E-state index in [1.165, 1.54) is 32.2 Å². The average Bonchev–Trinajstić information content (AvgIpc) is 2.94. The van der Waals surface area contributed by atoms with Crippen LogP contribution in [0.4, 0.5) is 0 Å². The third-order valence-corrected chi connectivity index (χ3v) is 5.29. The summed E-state index contributed by atoms with van der Waals surface area (Å²) in [6, 6.07) is 0. The molecule has 19 heavy (non-hydrogen) atoms. The van der Waals surface area contributed by atoms with Crippen molar-refractivity contribution >= 4 is 5.97 Å². The summed E-state index contributed by atoms with van der Waals surface area (Å²) in [6.45, 7) is 6.56. The molecule has 2 saturated carbocycles. The standard InChI is InChI=1S/C16H29NO2/c1-16(2,6-5-15(18)19)7-8-17-11-14-10-12-3-4-13(14)9-12/h12-14,17H,3-11H2,1-2H3,(H,18,19). The normalized spacial score (nSPS) is 29.9. The van der Waals surface area contributed by atoms with E-state index in [0.29, 0.717) is 6.42 Å². The Morgan fingerprint density at radius 2 is 2.05 bits per heavy atom. The number of carbonyl (C=O) groups is 1. The Morgan fingerprint density at radius 1 is 1.26 bits per heavy atom. The van der Waals surface area contributed by atoms with Gasteiger partial charge in [0.15, 0.2) is 0 Å². The van der Waals surface area contributed by atoms with E-state index < -0.39 is 5.97 Å². The Morgan fingerprint density at radius 3 is 2.63 bits per heavy atom. The molecule has 0 amide bonds. The molecule has 0 radical (unpaired) electrons. The van der Waals surface area contributed by atoms with Crippen molar-refractivity contribution in [3.8, 4) is 0 Å². The van der Waals surface area contributed by atoms with Crippen LogP contribution in [-0.2, 0) is 4.79 Å². The molecule has 0 aromatic heterocycles. The van der Waals surface area contributed by atoms with E-state index in [-0.39, 0.29) is 5.41 Å². The maximum absolute atomic E-state index is 10.6. The average molecular weight is 267 g/mol. The van der Waals surface area contributed by atoms with Crippen LogP contribution in [0.15, 0.2) is 0 Å². The molecule has 2 rings (SSSR count). The van der Waals surface area contributed by atoms with Crippen molar-refractivity contribution in [2.75, 3.05) is 13.1 Å². The molecule has 0 saturated heterocycles. The number of fused-ring (bicyclic) bond motifs is 2. The zero-order chi connectivity index (χ0) is 13.9. The lowest BCUT2D eigenvalue weighted by atomic mass is 9.84. The van der Waals surface area contributed by atoms with E-state index in [2.05, 4.69) is 19.2 Å². The smallest absolute Gasteiger partial charge is 0.303 e.